The molecule has 4 atom stereocenters. The Labute approximate surface area is 117 Å². The maximum Gasteiger partial charge on any atom is 0.226 e. The SMILES string of the molecule is Nc1nc(Cl)nc2c1ncn2C1O[C@H](CO)C(O)C1F. The summed E-state index contributed by atoms with van der Waals surface area (Å²) in [6, 6.07) is 0. The van der Waals surface area contributed by atoms with E-state index in [0.29, 0.717) is 0 Å². The zero-order valence-electron chi connectivity index (χ0n) is 10.0. The van der Waals surface area contributed by atoms with E-state index >= 15 is 0 Å². The number of nitrogens with two attached hydrogens (primary N) is 1. The van der Waals surface area contributed by atoms with Crippen LogP contribution in [-0.4, -0.2) is 54.7 Å². The van der Waals surface area contributed by atoms with Crippen molar-refractivity contribution >= 4 is 28.6 Å². The molecule has 1 aliphatic heterocycles. The smallest absolute Gasteiger partial charge is 0.226 e. The van der Waals surface area contributed by atoms with Crippen LogP contribution in [0, 0.1) is 0 Å². The molecule has 1 fully saturated rings. The van der Waals surface area contributed by atoms with Crippen LogP contribution in [0.4, 0.5) is 10.2 Å². The molecule has 2 aromatic rings. The maximum atomic E-state index is 14.1. The molecule has 20 heavy (non-hydrogen) atoms. The lowest BCUT2D eigenvalue weighted by molar-refractivity contribution is -0.0459. The zero-order chi connectivity index (χ0) is 14.4. The average molecular weight is 304 g/mol. The van der Waals surface area contributed by atoms with Crippen molar-refractivity contribution in [2.45, 2.75) is 24.6 Å². The lowest BCUT2D eigenvalue weighted by Crippen LogP contribution is -2.30. The molecule has 0 radical (unpaired) electrons. The van der Waals surface area contributed by atoms with Gasteiger partial charge in [-0.05, 0) is 11.6 Å². The van der Waals surface area contributed by atoms with Gasteiger partial charge in [0.25, 0.3) is 0 Å². The second-order valence-electron chi connectivity index (χ2n) is 4.38. The number of aliphatic hydroxyl groups excluding tert-OH is 2. The number of hydrogen-bond acceptors (Lipinski definition) is 7. The summed E-state index contributed by atoms with van der Waals surface area (Å²) < 4.78 is 20.6. The first kappa shape index (κ1) is 13.4. The number of aliphatic hydroxyl groups is 2. The van der Waals surface area contributed by atoms with Crippen molar-refractivity contribution in [2.24, 2.45) is 0 Å². The van der Waals surface area contributed by atoms with Gasteiger partial charge in [0, 0.05) is 0 Å². The number of alkyl halides is 1. The summed E-state index contributed by atoms with van der Waals surface area (Å²) in [5.74, 6) is 0.0615. The van der Waals surface area contributed by atoms with E-state index in [-0.39, 0.29) is 22.3 Å². The molecule has 4 N–H and O–H groups in total. The molecule has 0 spiro atoms. The van der Waals surface area contributed by atoms with Crippen LogP contribution in [0.15, 0.2) is 6.33 Å². The number of halogens is 2. The third-order valence-electron chi connectivity index (χ3n) is 3.17. The number of hydrogen-bond donors (Lipinski definition) is 3. The highest BCUT2D eigenvalue weighted by Gasteiger charge is 2.45. The van der Waals surface area contributed by atoms with E-state index in [1.807, 2.05) is 0 Å². The number of imidazole rings is 1. The van der Waals surface area contributed by atoms with Crippen LogP contribution >= 0.6 is 11.6 Å². The standard InChI is InChI=1S/C10H11ClFN5O3/c11-10-15-7(13)5-8(16-10)17(2-14-5)9-4(12)6(19)3(1-18)20-9/h2-4,6,9,18-19H,1H2,(H2,13,15,16)/t3-,4?,6?,9?/m1/s1. The number of nitrogens with zero attached hydrogens (tertiary/aromatic N) is 4. The van der Waals surface area contributed by atoms with Crippen LogP contribution in [0.3, 0.4) is 0 Å². The van der Waals surface area contributed by atoms with Gasteiger partial charge in [0.05, 0.1) is 12.9 Å². The molecule has 1 saturated heterocycles. The van der Waals surface area contributed by atoms with Gasteiger partial charge in [0.1, 0.15) is 17.7 Å². The van der Waals surface area contributed by atoms with Crippen molar-refractivity contribution < 1.29 is 19.3 Å². The van der Waals surface area contributed by atoms with Gasteiger partial charge < -0.3 is 20.7 Å². The molecule has 0 aromatic carbocycles. The molecule has 0 saturated carbocycles. The summed E-state index contributed by atoms with van der Waals surface area (Å²) in [5, 5.41) is 18.6. The fourth-order valence-electron chi connectivity index (χ4n) is 2.18. The van der Waals surface area contributed by atoms with Crippen LogP contribution in [0.2, 0.25) is 5.28 Å². The van der Waals surface area contributed by atoms with E-state index in [4.69, 9.17) is 27.2 Å². The van der Waals surface area contributed by atoms with Crippen LogP contribution in [-0.2, 0) is 4.74 Å². The highest BCUT2D eigenvalue weighted by atomic mass is 35.5. The topological polar surface area (TPSA) is 119 Å². The van der Waals surface area contributed by atoms with Gasteiger partial charge in [-0.25, -0.2) is 9.37 Å². The van der Waals surface area contributed by atoms with E-state index in [1.54, 1.807) is 0 Å². The van der Waals surface area contributed by atoms with Gasteiger partial charge in [-0.3, -0.25) is 4.57 Å². The number of rotatable bonds is 2. The van der Waals surface area contributed by atoms with Crippen molar-refractivity contribution in [3.63, 3.8) is 0 Å². The summed E-state index contributed by atoms with van der Waals surface area (Å²) >= 11 is 5.71. The van der Waals surface area contributed by atoms with Gasteiger partial charge in [0.15, 0.2) is 23.9 Å². The molecule has 3 unspecified atom stereocenters. The monoisotopic (exact) mass is 303 g/mol. The zero-order valence-corrected chi connectivity index (χ0v) is 10.8. The summed E-state index contributed by atoms with van der Waals surface area (Å²) in [5.41, 5.74) is 6.10. The molecule has 2 aromatic heterocycles. The van der Waals surface area contributed by atoms with Crippen molar-refractivity contribution in [2.75, 3.05) is 12.3 Å². The fourth-order valence-corrected chi connectivity index (χ4v) is 2.35. The number of ether oxygens (including phenoxy) is 1. The lowest BCUT2D eigenvalue weighted by Gasteiger charge is -2.15. The lowest BCUT2D eigenvalue weighted by atomic mass is 10.1. The van der Waals surface area contributed by atoms with Gasteiger partial charge >= 0.3 is 0 Å². The van der Waals surface area contributed by atoms with Gasteiger partial charge in [-0.1, -0.05) is 0 Å². The molecular formula is C10H11ClFN5O3. The first-order valence-electron chi connectivity index (χ1n) is 5.77. The number of anilines is 1. The summed E-state index contributed by atoms with van der Waals surface area (Å²) in [6.45, 7) is -0.497. The predicted octanol–water partition coefficient (Wildman–Crippen LogP) is -0.349. The second kappa shape index (κ2) is 4.77. The Hall–Kier alpha value is -1.55. The third kappa shape index (κ3) is 1.90. The number of fused-ring (bicyclic) bond motifs is 1. The van der Waals surface area contributed by atoms with E-state index in [9.17, 15) is 9.50 Å². The van der Waals surface area contributed by atoms with Crippen LogP contribution < -0.4 is 5.73 Å². The second-order valence-corrected chi connectivity index (χ2v) is 4.72. The van der Waals surface area contributed by atoms with Crippen molar-refractivity contribution in [1.29, 1.82) is 0 Å². The Morgan fingerprint density at radius 1 is 1.50 bits per heavy atom. The predicted molar refractivity (Wildman–Crippen MR) is 66.6 cm³/mol. The molecule has 10 heteroatoms. The highest BCUT2D eigenvalue weighted by molar-refractivity contribution is 6.28. The van der Waals surface area contributed by atoms with E-state index in [2.05, 4.69) is 15.0 Å². The number of aromatic nitrogens is 4. The normalized spacial score (nSPS) is 30.2. The molecule has 0 aliphatic carbocycles. The minimum absolute atomic E-state index is 0.0615. The van der Waals surface area contributed by atoms with Crippen molar-refractivity contribution in [1.82, 2.24) is 19.5 Å². The summed E-state index contributed by atoms with van der Waals surface area (Å²) in [4.78, 5) is 11.7. The average Bonchev–Trinajstić information content (AvgIpc) is 2.93. The minimum atomic E-state index is -1.74. The van der Waals surface area contributed by atoms with E-state index in [1.165, 1.54) is 10.9 Å². The van der Waals surface area contributed by atoms with Crippen LogP contribution in [0.25, 0.3) is 11.2 Å². The maximum absolute atomic E-state index is 14.1. The Morgan fingerprint density at radius 3 is 2.90 bits per heavy atom. The quantitative estimate of drug-likeness (QED) is 0.649. The highest BCUT2D eigenvalue weighted by Crippen LogP contribution is 2.34. The van der Waals surface area contributed by atoms with Crippen LogP contribution in [0.5, 0.6) is 0 Å². The molecule has 8 nitrogen and oxygen atoms in total. The summed E-state index contributed by atoms with van der Waals surface area (Å²) in [7, 11) is 0. The number of nitrogen functional groups attached to an aromatic ring is 1. The van der Waals surface area contributed by atoms with Crippen molar-refractivity contribution in [3.05, 3.63) is 11.6 Å². The van der Waals surface area contributed by atoms with Gasteiger partial charge in [-0.2, -0.15) is 9.97 Å². The molecule has 3 rings (SSSR count). The molecule has 1 aliphatic rings. The van der Waals surface area contributed by atoms with Gasteiger partial charge in [0.2, 0.25) is 5.28 Å². The van der Waals surface area contributed by atoms with E-state index in [0.717, 1.165) is 0 Å². The largest absolute Gasteiger partial charge is 0.394 e. The Morgan fingerprint density at radius 2 is 2.25 bits per heavy atom. The molecule has 108 valence electrons. The Balaban J connectivity index is 2.07. The molecule has 0 bridgehead atoms. The Kier molecular flexibility index (Phi) is 3.21. The molecule has 0 amide bonds. The first-order chi connectivity index (χ1) is 9.52. The van der Waals surface area contributed by atoms with Crippen LogP contribution in [0.1, 0.15) is 6.23 Å². The minimum Gasteiger partial charge on any atom is -0.394 e. The fraction of sp³-hybridized carbons (Fsp3) is 0.500. The van der Waals surface area contributed by atoms with Crippen molar-refractivity contribution in [3.8, 4) is 0 Å². The third-order valence-corrected chi connectivity index (χ3v) is 3.34. The molecule has 3 heterocycles. The molecular weight excluding hydrogens is 293 g/mol. The van der Waals surface area contributed by atoms with E-state index < -0.39 is 31.2 Å². The van der Waals surface area contributed by atoms with Gasteiger partial charge in [-0.15, -0.1) is 0 Å². The Bertz CT molecular complexity index is 653. The first-order valence-corrected chi connectivity index (χ1v) is 6.14. The summed E-state index contributed by atoms with van der Waals surface area (Å²) in [6.07, 6.45) is -4.08.